The monoisotopic (exact) mass is 345 g/mol. The van der Waals surface area contributed by atoms with E-state index in [1.165, 1.54) is 6.20 Å². The van der Waals surface area contributed by atoms with Crippen molar-refractivity contribution in [3.8, 4) is 5.75 Å². The molecule has 25 heavy (non-hydrogen) atoms. The number of esters is 1. The van der Waals surface area contributed by atoms with Gasteiger partial charge in [-0.25, -0.2) is 14.8 Å². The zero-order valence-corrected chi connectivity index (χ0v) is 14.9. The standard InChI is InChI=1S/C17H23N5O3/c1-4-24-14-12-10-19-17(22-8-6-21(3)7-9-22)20-15(12)18-11-13(14)16(23)25-5-2/h10-11H,4-9H2,1-3H3. The van der Waals surface area contributed by atoms with Gasteiger partial charge in [0.25, 0.3) is 0 Å². The van der Waals surface area contributed by atoms with E-state index in [-0.39, 0.29) is 0 Å². The van der Waals surface area contributed by atoms with Gasteiger partial charge in [-0.3, -0.25) is 0 Å². The molecule has 3 heterocycles. The number of anilines is 1. The number of carbonyl (C=O) groups is 1. The molecule has 3 rings (SSSR count). The summed E-state index contributed by atoms with van der Waals surface area (Å²) in [7, 11) is 2.10. The van der Waals surface area contributed by atoms with E-state index in [4.69, 9.17) is 9.47 Å². The number of aromatic nitrogens is 3. The highest BCUT2D eigenvalue weighted by Crippen LogP contribution is 2.29. The molecular formula is C17H23N5O3. The first kappa shape index (κ1) is 17.3. The van der Waals surface area contributed by atoms with Crippen LogP contribution in [-0.2, 0) is 4.74 Å². The lowest BCUT2D eigenvalue weighted by Gasteiger charge is -2.32. The molecule has 0 amide bonds. The van der Waals surface area contributed by atoms with Crippen molar-refractivity contribution in [3.05, 3.63) is 18.0 Å². The Morgan fingerprint density at radius 3 is 2.56 bits per heavy atom. The van der Waals surface area contributed by atoms with Gasteiger partial charge in [0.05, 0.1) is 18.6 Å². The van der Waals surface area contributed by atoms with Crippen molar-refractivity contribution in [2.24, 2.45) is 0 Å². The SMILES string of the molecule is CCOC(=O)c1cnc2nc(N3CCN(C)CC3)ncc2c1OCC. The average Bonchev–Trinajstić information content (AvgIpc) is 2.62. The Bertz CT molecular complexity index is 759. The average molecular weight is 345 g/mol. The van der Waals surface area contributed by atoms with Gasteiger partial charge in [-0.1, -0.05) is 0 Å². The molecule has 0 radical (unpaired) electrons. The normalized spacial score (nSPS) is 15.4. The number of rotatable bonds is 5. The Hall–Kier alpha value is -2.48. The quantitative estimate of drug-likeness (QED) is 0.751. The number of fused-ring (bicyclic) bond motifs is 1. The molecule has 0 spiro atoms. The Morgan fingerprint density at radius 1 is 1.12 bits per heavy atom. The van der Waals surface area contributed by atoms with Crippen LogP contribution < -0.4 is 9.64 Å². The van der Waals surface area contributed by atoms with Crippen LogP contribution in [-0.4, -0.2) is 72.3 Å². The van der Waals surface area contributed by atoms with E-state index in [1.54, 1.807) is 13.1 Å². The third-order valence-corrected chi connectivity index (χ3v) is 4.13. The second kappa shape index (κ2) is 7.60. The molecule has 0 atom stereocenters. The molecule has 0 bridgehead atoms. The summed E-state index contributed by atoms with van der Waals surface area (Å²) in [4.78, 5) is 29.9. The minimum atomic E-state index is -0.455. The predicted molar refractivity (Wildman–Crippen MR) is 94.2 cm³/mol. The molecular weight excluding hydrogens is 322 g/mol. The van der Waals surface area contributed by atoms with Gasteiger partial charge in [-0.05, 0) is 20.9 Å². The summed E-state index contributed by atoms with van der Waals surface area (Å²) in [5.74, 6) is 0.624. The van der Waals surface area contributed by atoms with Crippen molar-refractivity contribution in [3.63, 3.8) is 0 Å². The van der Waals surface area contributed by atoms with Crippen LogP contribution in [0.3, 0.4) is 0 Å². The van der Waals surface area contributed by atoms with Crippen LogP contribution in [0.2, 0.25) is 0 Å². The smallest absolute Gasteiger partial charge is 0.343 e. The molecule has 134 valence electrons. The summed E-state index contributed by atoms with van der Waals surface area (Å²) in [6, 6.07) is 0. The molecule has 8 heteroatoms. The van der Waals surface area contributed by atoms with Crippen molar-refractivity contribution in [2.75, 3.05) is 51.3 Å². The van der Waals surface area contributed by atoms with Gasteiger partial charge in [-0.2, -0.15) is 4.98 Å². The van der Waals surface area contributed by atoms with Crippen LogP contribution in [0.25, 0.3) is 11.0 Å². The molecule has 0 aromatic carbocycles. The molecule has 0 unspecified atom stereocenters. The number of pyridine rings is 1. The van der Waals surface area contributed by atoms with Crippen molar-refractivity contribution in [1.29, 1.82) is 0 Å². The Kier molecular flexibility index (Phi) is 5.28. The van der Waals surface area contributed by atoms with Crippen LogP contribution >= 0.6 is 0 Å². The molecule has 0 saturated carbocycles. The third kappa shape index (κ3) is 3.63. The summed E-state index contributed by atoms with van der Waals surface area (Å²) in [5.41, 5.74) is 0.813. The second-order valence-electron chi connectivity index (χ2n) is 5.85. The Labute approximate surface area is 146 Å². The van der Waals surface area contributed by atoms with Crippen LogP contribution in [0.5, 0.6) is 5.75 Å². The number of piperazine rings is 1. The molecule has 2 aromatic rings. The lowest BCUT2D eigenvalue weighted by molar-refractivity contribution is 0.0522. The first-order valence-electron chi connectivity index (χ1n) is 8.53. The number of nitrogens with zero attached hydrogens (tertiary/aromatic N) is 5. The molecule has 1 aliphatic rings. The third-order valence-electron chi connectivity index (χ3n) is 4.13. The van der Waals surface area contributed by atoms with Crippen molar-refractivity contribution >= 4 is 23.0 Å². The van der Waals surface area contributed by atoms with Gasteiger partial charge >= 0.3 is 5.97 Å². The van der Waals surface area contributed by atoms with E-state index in [0.29, 0.717) is 41.5 Å². The van der Waals surface area contributed by atoms with Crippen molar-refractivity contribution in [2.45, 2.75) is 13.8 Å². The van der Waals surface area contributed by atoms with E-state index < -0.39 is 5.97 Å². The number of hydrogen-bond acceptors (Lipinski definition) is 8. The van der Waals surface area contributed by atoms with Crippen LogP contribution in [0.4, 0.5) is 5.95 Å². The largest absolute Gasteiger partial charge is 0.492 e. The fourth-order valence-corrected chi connectivity index (χ4v) is 2.76. The number of ether oxygens (including phenoxy) is 2. The summed E-state index contributed by atoms with van der Waals surface area (Å²) < 4.78 is 10.8. The number of carbonyl (C=O) groups excluding carboxylic acids is 1. The van der Waals surface area contributed by atoms with Gasteiger partial charge in [-0.15, -0.1) is 0 Å². The predicted octanol–water partition coefficient (Wildman–Crippen LogP) is 1.35. The van der Waals surface area contributed by atoms with Gasteiger partial charge in [0.2, 0.25) is 5.95 Å². The zero-order chi connectivity index (χ0) is 17.8. The Morgan fingerprint density at radius 2 is 1.88 bits per heavy atom. The highest BCUT2D eigenvalue weighted by molar-refractivity contribution is 5.98. The fraction of sp³-hybridized carbons (Fsp3) is 0.529. The van der Waals surface area contributed by atoms with Crippen LogP contribution in [0.1, 0.15) is 24.2 Å². The van der Waals surface area contributed by atoms with Gasteiger partial charge in [0.15, 0.2) is 5.65 Å². The topological polar surface area (TPSA) is 80.7 Å². The minimum Gasteiger partial charge on any atom is -0.492 e. The van der Waals surface area contributed by atoms with Crippen molar-refractivity contribution in [1.82, 2.24) is 19.9 Å². The number of likely N-dealkylation sites (N-methyl/N-ethyl adjacent to an activating group) is 1. The molecule has 1 aliphatic heterocycles. The van der Waals surface area contributed by atoms with E-state index in [2.05, 4.69) is 31.8 Å². The molecule has 0 N–H and O–H groups in total. The van der Waals surface area contributed by atoms with Gasteiger partial charge in [0.1, 0.15) is 11.3 Å². The minimum absolute atomic E-state index is 0.293. The zero-order valence-electron chi connectivity index (χ0n) is 14.9. The first-order valence-corrected chi connectivity index (χ1v) is 8.53. The first-order chi connectivity index (χ1) is 12.1. The molecule has 0 aliphatic carbocycles. The van der Waals surface area contributed by atoms with E-state index in [1.807, 2.05) is 6.92 Å². The van der Waals surface area contributed by atoms with Crippen LogP contribution in [0.15, 0.2) is 12.4 Å². The maximum Gasteiger partial charge on any atom is 0.343 e. The van der Waals surface area contributed by atoms with E-state index >= 15 is 0 Å². The Balaban J connectivity index is 1.98. The maximum absolute atomic E-state index is 12.1. The summed E-state index contributed by atoms with van der Waals surface area (Å²) in [5, 5.41) is 0.616. The van der Waals surface area contributed by atoms with Crippen molar-refractivity contribution < 1.29 is 14.3 Å². The van der Waals surface area contributed by atoms with Crippen LogP contribution in [0, 0.1) is 0 Å². The lowest BCUT2D eigenvalue weighted by atomic mass is 10.2. The van der Waals surface area contributed by atoms with Gasteiger partial charge < -0.3 is 19.3 Å². The summed E-state index contributed by atoms with van der Waals surface area (Å²) in [6.45, 7) is 8.04. The summed E-state index contributed by atoms with van der Waals surface area (Å²) in [6.07, 6.45) is 3.14. The van der Waals surface area contributed by atoms with Gasteiger partial charge in [0, 0.05) is 38.6 Å². The highest BCUT2D eigenvalue weighted by Gasteiger charge is 2.21. The summed E-state index contributed by atoms with van der Waals surface area (Å²) >= 11 is 0. The molecule has 2 aromatic heterocycles. The fourth-order valence-electron chi connectivity index (χ4n) is 2.76. The van der Waals surface area contributed by atoms with E-state index in [9.17, 15) is 4.79 Å². The maximum atomic E-state index is 12.1. The second-order valence-corrected chi connectivity index (χ2v) is 5.85. The highest BCUT2D eigenvalue weighted by atomic mass is 16.5. The molecule has 1 fully saturated rings. The molecule has 8 nitrogen and oxygen atoms in total. The molecule has 1 saturated heterocycles. The lowest BCUT2D eigenvalue weighted by Crippen LogP contribution is -2.45. The van der Waals surface area contributed by atoms with E-state index in [0.717, 1.165) is 26.2 Å². The number of hydrogen-bond donors (Lipinski definition) is 0.